The third kappa shape index (κ3) is 5.96. The molecular weight excluding hydrogens is 555 g/mol. The Balaban J connectivity index is 1.21. The number of pyridine rings is 1. The predicted octanol–water partition coefficient (Wildman–Crippen LogP) is 4.44. The van der Waals surface area contributed by atoms with Gasteiger partial charge in [0.25, 0.3) is 0 Å². The second-order valence-electron chi connectivity index (χ2n) is 10.5. The maximum atomic E-state index is 13.5. The molecule has 8 nitrogen and oxygen atoms in total. The molecule has 214 valence electrons. The Labute approximate surface area is 227 Å². The summed E-state index contributed by atoms with van der Waals surface area (Å²) in [6, 6.07) is 6.93. The summed E-state index contributed by atoms with van der Waals surface area (Å²) in [6.07, 6.45) is 2.66. The quantitative estimate of drug-likeness (QED) is 0.431. The second kappa shape index (κ2) is 11.0. The number of ether oxygens (including phenoxy) is 1. The van der Waals surface area contributed by atoms with Crippen molar-refractivity contribution in [2.45, 2.75) is 86.7 Å². The van der Waals surface area contributed by atoms with Crippen LogP contribution in [0.5, 0.6) is 5.75 Å². The van der Waals surface area contributed by atoms with Gasteiger partial charge in [0.05, 0.1) is 16.2 Å². The normalized spacial score (nSPS) is 26.6. The first-order valence-corrected chi connectivity index (χ1v) is 16.3. The molecular formula is C26H32F3N3O5S2. The van der Waals surface area contributed by atoms with Crippen LogP contribution in [-0.4, -0.2) is 67.0 Å². The molecule has 1 unspecified atom stereocenters. The van der Waals surface area contributed by atoms with E-state index in [1.807, 2.05) is 0 Å². The summed E-state index contributed by atoms with van der Waals surface area (Å²) in [5.41, 5.74) is -1.19. The Morgan fingerprint density at radius 1 is 0.949 bits per heavy atom. The van der Waals surface area contributed by atoms with Crippen LogP contribution >= 0.6 is 0 Å². The standard InChI is InChI=1S/C26H32F3N3O5S2/c27-26(28,29)24-7-1-2-8-25(24)39(35,36)31-15-3-5-19(31)6-4-16-38(33,34)32-20-9-10-21(32)18-23(17-20)37-22-11-13-30-14-12-22/h1-2,7-8,11-14,19-21,23H,3-6,9-10,15-18H2/t19-,20-,21+,23?/m0/s1. The van der Waals surface area contributed by atoms with E-state index in [-0.39, 0.29) is 43.3 Å². The summed E-state index contributed by atoms with van der Waals surface area (Å²) in [7, 11) is -7.98. The summed E-state index contributed by atoms with van der Waals surface area (Å²) in [5, 5.41) is 0. The highest BCUT2D eigenvalue weighted by molar-refractivity contribution is 7.89. The molecule has 0 N–H and O–H groups in total. The van der Waals surface area contributed by atoms with E-state index in [0.717, 1.165) is 35.3 Å². The first-order valence-electron chi connectivity index (χ1n) is 13.2. The fourth-order valence-electron chi connectivity index (χ4n) is 6.32. The number of halogens is 3. The molecule has 1 aromatic heterocycles. The lowest BCUT2D eigenvalue weighted by Gasteiger charge is -2.38. The summed E-state index contributed by atoms with van der Waals surface area (Å²) < 4.78 is 103. The van der Waals surface area contributed by atoms with Crippen molar-refractivity contribution >= 4 is 20.0 Å². The number of piperidine rings is 1. The number of sulfonamides is 2. The van der Waals surface area contributed by atoms with Gasteiger partial charge in [-0.15, -0.1) is 0 Å². The maximum Gasteiger partial charge on any atom is 0.417 e. The van der Waals surface area contributed by atoms with Crippen LogP contribution in [0.1, 0.15) is 56.9 Å². The molecule has 0 amide bonds. The zero-order valence-electron chi connectivity index (χ0n) is 21.3. The molecule has 39 heavy (non-hydrogen) atoms. The van der Waals surface area contributed by atoms with Crippen molar-refractivity contribution in [2.75, 3.05) is 12.3 Å². The van der Waals surface area contributed by atoms with Crippen LogP contribution in [-0.2, 0) is 26.2 Å². The van der Waals surface area contributed by atoms with Crippen molar-refractivity contribution in [2.24, 2.45) is 0 Å². The largest absolute Gasteiger partial charge is 0.490 e. The van der Waals surface area contributed by atoms with Crippen molar-refractivity contribution in [3.05, 3.63) is 54.4 Å². The minimum Gasteiger partial charge on any atom is -0.490 e. The Kier molecular flexibility index (Phi) is 7.97. The van der Waals surface area contributed by atoms with Gasteiger partial charge >= 0.3 is 6.18 Å². The molecule has 2 bridgehead atoms. The van der Waals surface area contributed by atoms with Crippen molar-refractivity contribution in [3.8, 4) is 5.75 Å². The highest BCUT2D eigenvalue weighted by Gasteiger charge is 2.47. The number of hydrogen-bond acceptors (Lipinski definition) is 6. The molecule has 0 aliphatic carbocycles. The van der Waals surface area contributed by atoms with Gasteiger partial charge in [0, 0.05) is 49.9 Å². The summed E-state index contributed by atoms with van der Waals surface area (Å²) in [4.78, 5) is 3.22. The Morgan fingerprint density at radius 3 is 2.28 bits per heavy atom. The highest BCUT2D eigenvalue weighted by atomic mass is 32.2. The third-order valence-corrected chi connectivity index (χ3v) is 12.0. The van der Waals surface area contributed by atoms with Crippen LogP contribution < -0.4 is 4.74 Å². The average molecular weight is 588 g/mol. The smallest absolute Gasteiger partial charge is 0.417 e. The molecule has 4 heterocycles. The van der Waals surface area contributed by atoms with E-state index in [1.165, 1.54) is 6.07 Å². The first-order chi connectivity index (χ1) is 18.5. The van der Waals surface area contributed by atoms with Crippen LogP contribution in [0.25, 0.3) is 0 Å². The number of fused-ring (bicyclic) bond motifs is 2. The highest BCUT2D eigenvalue weighted by Crippen LogP contribution is 2.40. The van der Waals surface area contributed by atoms with Gasteiger partial charge in [-0.25, -0.2) is 16.8 Å². The summed E-state index contributed by atoms with van der Waals surface area (Å²) in [6.45, 7) is 0.112. The zero-order chi connectivity index (χ0) is 27.8. The molecule has 1 aromatic carbocycles. The third-order valence-electron chi connectivity index (χ3n) is 7.94. The predicted molar refractivity (Wildman–Crippen MR) is 138 cm³/mol. The molecule has 3 aliphatic rings. The van der Waals surface area contributed by atoms with Crippen molar-refractivity contribution in [3.63, 3.8) is 0 Å². The lowest BCUT2D eigenvalue weighted by molar-refractivity contribution is -0.139. The van der Waals surface area contributed by atoms with E-state index in [4.69, 9.17) is 4.74 Å². The number of alkyl halides is 3. The topological polar surface area (TPSA) is 96.9 Å². The Morgan fingerprint density at radius 2 is 1.62 bits per heavy atom. The van der Waals surface area contributed by atoms with Gasteiger partial charge in [0.1, 0.15) is 11.9 Å². The number of benzene rings is 1. The molecule has 0 saturated carbocycles. The fourth-order valence-corrected chi connectivity index (χ4v) is 10.3. The first kappa shape index (κ1) is 28.3. The minimum atomic E-state index is -4.80. The average Bonchev–Trinajstić information content (AvgIpc) is 3.47. The Bertz CT molecular complexity index is 1360. The second-order valence-corrected chi connectivity index (χ2v) is 14.3. The fraction of sp³-hybridized carbons (Fsp3) is 0.577. The monoisotopic (exact) mass is 587 g/mol. The van der Waals surface area contributed by atoms with Crippen LogP contribution in [0, 0.1) is 0 Å². The van der Waals surface area contributed by atoms with Gasteiger partial charge in [0.2, 0.25) is 20.0 Å². The summed E-state index contributed by atoms with van der Waals surface area (Å²) >= 11 is 0. The molecule has 4 atom stereocenters. The molecule has 0 radical (unpaired) electrons. The van der Waals surface area contributed by atoms with Crippen LogP contribution in [0.4, 0.5) is 13.2 Å². The lowest BCUT2D eigenvalue weighted by atomic mass is 10.0. The number of nitrogens with zero attached hydrogens (tertiary/aromatic N) is 3. The van der Waals surface area contributed by atoms with E-state index in [9.17, 15) is 30.0 Å². The maximum absolute atomic E-state index is 13.5. The van der Waals surface area contributed by atoms with Gasteiger partial charge < -0.3 is 4.74 Å². The van der Waals surface area contributed by atoms with E-state index < -0.39 is 42.7 Å². The van der Waals surface area contributed by atoms with E-state index in [1.54, 1.807) is 28.8 Å². The molecule has 3 fully saturated rings. The lowest BCUT2D eigenvalue weighted by Crippen LogP contribution is -2.50. The Hall–Kier alpha value is -2.22. The van der Waals surface area contributed by atoms with Gasteiger partial charge in [-0.1, -0.05) is 12.1 Å². The molecule has 13 heteroatoms. The van der Waals surface area contributed by atoms with Crippen LogP contribution in [0.3, 0.4) is 0 Å². The van der Waals surface area contributed by atoms with Crippen LogP contribution in [0.2, 0.25) is 0 Å². The van der Waals surface area contributed by atoms with Gasteiger partial charge in [-0.3, -0.25) is 4.98 Å². The molecule has 0 spiro atoms. The van der Waals surface area contributed by atoms with E-state index in [2.05, 4.69) is 4.98 Å². The summed E-state index contributed by atoms with van der Waals surface area (Å²) in [5.74, 6) is 0.582. The van der Waals surface area contributed by atoms with Gasteiger partial charge in [0.15, 0.2) is 0 Å². The van der Waals surface area contributed by atoms with Crippen LogP contribution in [0.15, 0.2) is 53.7 Å². The van der Waals surface area contributed by atoms with Crippen molar-refractivity contribution < 1.29 is 34.7 Å². The molecule has 2 aromatic rings. The zero-order valence-corrected chi connectivity index (χ0v) is 23.0. The van der Waals surface area contributed by atoms with Gasteiger partial charge in [-0.2, -0.15) is 21.8 Å². The SMILES string of the molecule is O=S(=O)(CCC[C@@H]1CCCN1S(=O)(=O)c1ccccc1C(F)(F)F)N1[C@@H]2CC[C@H]1CC(Oc1ccncc1)C2. The number of aromatic nitrogens is 1. The van der Waals surface area contributed by atoms with E-state index in [0.29, 0.717) is 31.4 Å². The van der Waals surface area contributed by atoms with Gasteiger partial charge in [-0.05, 0) is 62.8 Å². The number of hydrogen-bond donors (Lipinski definition) is 0. The van der Waals surface area contributed by atoms with E-state index >= 15 is 0 Å². The minimum absolute atomic E-state index is 0.0758. The molecule has 5 rings (SSSR count). The number of rotatable bonds is 9. The van der Waals surface area contributed by atoms with Crippen molar-refractivity contribution in [1.82, 2.24) is 13.6 Å². The molecule has 3 saturated heterocycles. The molecule has 3 aliphatic heterocycles. The van der Waals surface area contributed by atoms with Crippen molar-refractivity contribution in [1.29, 1.82) is 0 Å².